The lowest BCUT2D eigenvalue weighted by Gasteiger charge is -2.29. The van der Waals surface area contributed by atoms with Gasteiger partial charge in [-0.25, -0.2) is 12.7 Å². The van der Waals surface area contributed by atoms with Crippen LogP contribution in [0.5, 0.6) is 0 Å². The number of piperidine rings is 1. The third-order valence-electron chi connectivity index (χ3n) is 5.32. The number of benzene rings is 1. The van der Waals surface area contributed by atoms with Crippen molar-refractivity contribution < 1.29 is 21.1 Å². The Labute approximate surface area is 186 Å². The molecule has 0 aliphatic carbocycles. The molecule has 160 valence electrons. The van der Waals surface area contributed by atoms with Crippen LogP contribution in [-0.2, 0) is 29.5 Å². The first kappa shape index (κ1) is 14.7. The van der Waals surface area contributed by atoms with Gasteiger partial charge in [0.2, 0.25) is 10.0 Å². The number of allylic oxidation sites excluding steroid dienone is 2. The van der Waals surface area contributed by atoms with Crippen molar-refractivity contribution in [3.63, 3.8) is 0 Å². The van der Waals surface area contributed by atoms with Crippen molar-refractivity contribution in [2.24, 2.45) is 5.92 Å². The predicted molar refractivity (Wildman–Crippen MR) is 117 cm³/mol. The fraction of sp³-hybridized carbons (Fsp3) is 0.435. The Hall–Kier alpha value is -2.22. The van der Waals surface area contributed by atoms with Crippen LogP contribution in [0, 0.1) is 5.92 Å². The zero-order valence-corrected chi connectivity index (χ0v) is 17.7. The van der Waals surface area contributed by atoms with Gasteiger partial charge in [-0.1, -0.05) is 30.3 Å². The lowest BCUT2D eigenvalue weighted by Crippen LogP contribution is -2.37. The van der Waals surface area contributed by atoms with E-state index in [-0.39, 0.29) is 22.6 Å². The molecular weight excluding hydrogens is 400 g/mol. The maximum Gasteiger partial charge on any atom is 0.211 e. The Kier molecular flexibility index (Phi) is 4.17. The molecule has 1 fully saturated rings. The van der Waals surface area contributed by atoms with E-state index in [1.54, 1.807) is 19.1 Å². The highest BCUT2D eigenvalue weighted by Gasteiger charge is 2.24. The van der Waals surface area contributed by atoms with Crippen molar-refractivity contribution in [1.82, 2.24) is 9.21 Å². The van der Waals surface area contributed by atoms with E-state index in [4.69, 9.17) is 12.6 Å². The third kappa shape index (κ3) is 4.74. The summed E-state index contributed by atoms with van der Waals surface area (Å²) in [5.74, 6) is -0.442. The fourth-order valence-corrected chi connectivity index (χ4v) is 4.56. The molecule has 1 aromatic heterocycles. The zero-order chi connectivity index (χ0) is 26.7. The lowest BCUT2D eigenvalue weighted by atomic mass is 9.94. The van der Waals surface area contributed by atoms with E-state index in [9.17, 15) is 13.2 Å². The van der Waals surface area contributed by atoms with E-state index in [1.165, 1.54) is 22.7 Å². The summed E-state index contributed by atoms with van der Waals surface area (Å²) in [4.78, 5) is 13.4. The first-order valence-electron chi connectivity index (χ1n) is 12.8. The van der Waals surface area contributed by atoms with Gasteiger partial charge >= 0.3 is 0 Å². The molecule has 2 aliphatic heterocycles. The van der Waals surface area contributed by atoms with Gasteiger partial charge in [0, 0.05) is 37.6 Å². The average molecular weight is 435 g/mol. The van der Waals surface area contributed by atoms with E-state index < -0.39 is 40.7 Å². The summed E-state index contributed by atoms with van der Waals surface area (Å²) in [5, 5.41) is 0. The van der Waals surface area contributed by atoms with Crippen molar-refractivity contribution in [2.45, 2.75) is 39.3 Å². The summed E-state index contributed by atoms with van der Waals surface area (Å²) in [6.45, 7) is -5.29. The van der Waals surface area contributed by atoms with Crippen molar-refractivity contribution in [3.8, 4) is 0 Å². The predicted octanol–water partition coefficient (Wildman–Crippen LogP) is 3.23. The van der Waals surface area contributed by atoms with Gasteiger partial charge < -0.3 is 4.42 Å². The van der Waals surface area contributed by atoms with E-state index in [0.717, 1.165) is 12.3 Å². The van der Waals surface area contributed by atoms with Gasteiger partial charge in [-0.3, -0.25) is 9.69 Å². The van der Waals surface area contributed by atoms with Crippen LogP contribution in [-0.4, -0.2) is 37.0 Å². The first-order chi connectivity index (χ1) is 16.6. The molecule has 0 amide bonds. The summed E-state index contributed by atoms with van der Waals surface area (Å²) >= 11 is 0. The van der Waals surface area contributed by atoms with Crippen LogP contribution < -0.4 is 5.43 Å². The van der Waals surface area contributed by atoms with Crippen molar-refractivity contribution in [2.75, 3.05) is 19.3 Å². The molecule has 0 unspecified atom stereocenters. The second-order valence-electron chi connectivity index (χ2n) is 7.59. The van der Waals surface area contributed by atoms with Gasteiger partial charge in [-0.05, 0) is 42.4 Å². The Balaban J connectivity index is 1.61. The summed E-state index contributed by atoms with van der Waals surface area (Å²) < 4.78 is 81.5. The van der Waals surface area contributed by atoms with E-state index in [0.29, 0.717) is 36.4 Å². The number of fused-ring (bicyclic) bond motifs is 1. The lowest BCUT2D eigenvalue weighted by molar-refractivity contribution is 0.248. The number of hydrogen-bond donors (Lipinski definition) is 0. The molecule has 30 heavy (non-hydrogen) atoms. The van der Waals surface area contributed by atoms with Crippen LogP contribution >= 0.6 is 0 Å². The van der Waals surface area contributed by atoms with Gasteiger partial charge in [0.25, 0.3) is 0 Å². The molecule has 1 saturated heterocycles. The molecule has 2 aromatic rings. The highest BCUT2D eigenvalue weighted by atomic mass is 32.2. The quantitative estimate of drug-likeness (QED) is 0.723. The van der Waals surface area contributed by atoms with Gasteiger partial charge in [0.05, 0.1) is 21.1 Å². The molecule has 1 aromatic carbocycles. The van der Waals surface area contributed by atoms with Crippen molar-refractivity contribution in [1.29, 1.82) is 0 Å². The maximum atomic E-state index is 12.9. The zero-order valence-electron chi connectivity index (χ0n) is 22.9. The Morgan fingerprint density at radius 3 is 2.47 bits per heavy atom. The summed E-state index contributed by atoms with van der Waals surface area (Å²) in [5.41, 5.74) is 0.293. The molecule has 3 heterocycles. The van der Waals surface area contributed by atoms with Gasteiger partial charge in [-0.15, -0.1) is 0 Å². The topological polar surface area (TPSA) is 70.8 Å². The van der Waals surface area contributed by atoms with Crippen LogP contribution in [0.15, 0.2) is 51.9 Å². The molecule has 2 aliphatic rings. The molecule has 0 radical (unpaired) electrons. The van der Waals surface area contributed by atoms with E-state index in [2.05, 4.69) is 0 Å². The fourth-order valence-electron chi connectivity index (χ4n) is 3.69. The second-order valence-corrected chi connectivity index (χ2v) is 9.57. The summed E-state index contributed by atoms with van der Waals surface area (Å²) in [6.07, 6.45) is 5.39. The largest absolute Gasteiger partial charge is 0.467 e. The molecule has 0 spiro atoms. The molecule has 4 rings (SSSR count). The van der Waals surface area contributed by atoms with Crippen LogP contribution in [0.4, 0.5) is 0 Å². The Morgan fingerprint density at radius 2 is 1.90 bits per heavy atom. The normalized spacial score (nSPS) is 26.0. The Morgan fingerprint density at radius 1 is 1.27 bits per heavy atom. The summed E-state index contributed by atoms with van der Waals surface area (Å²) in [6, 6.07) is 6.88. The molecule has 7 heteroatoms. The SMILES string of the molecule is [2H]C([2H])(c1cc(=O)c(/C(C)=C/C2CCN(S(C)(=O)=O)CC2)co1)N1C([2H])([2H])c2ccccc2C1([2H])[2H]. The van der Waals surface area contributed by atoms with Crippen LogP contribution in [0.25, 0.3) is 5.57 Å². The van der Waals surface area contributed by atoms with Gasteiger partial charge in [-0.2, -0.15) is 0 Å². The molecule has 0 saturated carbocycles. The van der Waals surface area contributed by atoms with E-state index >= 15 is 0 Å². The van der Waals surface area contributed by atoms with Gasteiger partial charge in [0.15, 0.2) is 5.43 Å². The van der Waals surface area contributed by atoms with Crippen molar-refractivity contribution >= 4 is 15.6 Å². The number of hydrogen-bond acceptors (Lipinski definition) is 5. The molecule has 0 N–H and O–H groups in total. The number of nitrogens with zero attached hydrogens (tertiary/aromatic N) is 2. The smallest absolute Gasteiger partial charge is 0.211 e. The molecule has 0 bridgehead atoms. The number of rotatable bonds is 5. The second kappa shape index (κ2) is 8.49. The third-order valence-corrected chi connectivity index (χ3v) is 6.63. The Bertz CT molecular complexity index is 1330. The van der Waals surface area contributed by atoms with Gasteiger partial charge in [0.1, 0.15) is 12.0 Å². The molecule has 0 atom stereocenters. The standard InChI is InChI=1S/C23H28N2O4S/c1-17(11-18-7-9-25(10-8-18)30(2,27)28)22-16-29-21(12-23(22)26)15-24-13-19-5-3-4-6-20(19)14-24/h3-6,11-12,16,18H,7-10,13-15H2,1-2H3/b17-11+/i13D2,14D2,15D2. The minimum absolute atomic E-state index is 0.0125. The minimum atomic E-state index is -3.24. The molecular formula is C23H28N2O4S. The van der Waals surface area contributed by atoms with Crippen LogP contribution in [0.2, 0.25) is 0 Å². The monoisotopic (exact) mass is 434 g/mol. The summed E-state index contributed by atoms with van der Waals surface area (Å²) in [7, 11) is -3.24. The van der Waals surface area contributed by atoms with Crippen LogP contribution in [0.3, 0.4) is 0 Å². The van der Waals surface area contributed by atoms with Crippen LogP contribution in [0.1, 0.15) is 50.4 Å². The highest BCUT2D eigenvalue weighted by Crippen LogP contribution is 2.25. The highest BCUT2D eigenvalue weighted by molar-refractivity contribution is 7.88. The van der Waals surface area contributed by atoms with Crippen molar-refractivity contribution in [3.05, 3.63) is 75.3 Å². The molecule has 6 nitrogen and oxygen atoms in total. The first-order valence-corrected chi connectivity index (χ1v) is 11.6. The number of sulfonamides is 1. The van der Waals surface area contributed by atoms with E-state index in [1.807, 2.05) is 6.08 Å². The minimum Gasteiger partial charge on any atom is -0.467 e. The maximum absolute atomic E-state index is 12.9. The average Bonchev–Trinajstić information content (AvgIpc) is 2.95.